The summed E-state index contributed by atoms with van der Waals surface area (Å²) in [7, 11) is 0. The molecule has 6 rings (SSSR count). The molecule has 0 bridgehead atoms. The van der Waals surface area contributed by atoms with E-state index in [0.29, 0.717) is 5.56 Å². The van der Waals surface area contributed by atoms with Gasteiger partial charge in [0.2, 0.25) is 0 Å². The Bertz CT molecular complexity index is 1480. The summed E-state index contributed by atoms with van der Waals surface area (Å²) < 4.78 is 1.99. The van der Waals surface area contributed by atoms with E-state index in [1.807, 2.05) is 41.9 Å². The van der Waals surface area contributed by atoms with Crippen LogP contribution in [-0.2, 0) is 0 Å². The number of nitrogens with one attached hydrogen (secondary N) is 1. The molecule has 8 nitrogen and oxygen atoms in total. The van der Waals surface area contributed by atoms with E-state index in [2.05, 4.69) is 49.4 Å². The number of hydrogen-bond donors (Lipinski definition) is 1. The van der Waals surface area contributed by atoms with E-state index in [9.17, 15) is 4.79 Å². The number of piperazine rings is 1. The van der Waals surface area contributed by atoms with Crippen LogP contribution in [0.4, 0.5) is 5.69 Å². The fourth-order valence-corrected chi connectivity index (χ4v) is 6.20. The first-order chi connectivity index (χ1) is 18.0. The van der Waals surface area contributed by atoms with E-state index in [1.54, 1.807) is 0 Å². The standard InChI is InChI=1S/C28H32ClN7O/c1-18-10-11-21(29)17-24(18)34-12-14-35(15-13-34)26(27-31-32-33-36(27)22-8-3-4-9-22)23-16-20-7-5-6-19(2)25(20)30-28(23)37/h5-7,10-11,16-17,22,26H,3-4,8-9,12-15H2,1-2H3,(H,30,37)/t26-/m0/s1. The highest BCUT2D eigenvalue weighted by Crippen LogP contribution is 2.35. The lowest BCUT2D eigenvalue weighted by Gasteiger charge is -2.40. The van der Waals surface area contributed by atoms with Crippen molar-refractivity contribution in [2.24, 2.45) is 0 Å². The summed E-state index contributed by atoms with van der Waals surface area (Å²) in [5.74, 6) is 0.761. The van der Waals surface area contributed by atoms with Gasteiger partial charge in [-0.05, 0) is 71.8 Å². The fourth-order valence-electron chi connectivity index (χ4n) is 6.04. The van der Waals surface area contributed by atoms with Crippen LogP contribution >= 0.6 is 11.6 Å². The number of halogens is 1. The molecule has 192 valence electrons. The van der Waals surface area contributed by atoms with Gasteiger partial charge in [0, 0.05) is 42.5 Å². The molecule has 1 aliphatic heterocycles. The number of hydrogen-bond acceptors (Lipinski definition) is 6. The molecule has 2 aromatic carbocycles. The van der Waals surface area contributed by atoms with E-state index in [1.165, 1.54) is 24.1 Å². The van der Waals surface area contributed by atoms with Gasteiger partial charge in [-0.3, -0.25) is 9.69 Å². The molecule has 0 unspecified atom stereocenters. The van der Waals surface area contributed by atoms with Crippen LogP contribution in [0, 0.1) is 13.8 Å². The van der Waals surface area contributed by atoms with Gasteiger partial charge in [0.05, 0.1) is 11.6 Å². The Morgan fingerprint density at radius 1 is 1.00 bits per heavy atom. The predicted molar refractivity (Wildman–Crippen MR) is 146 cm³/mol. The zero-order valence-electron chi connectivity index (χ0n) is 21.3. The van der Waals surface area contributed by atoms with Gasteiger partial charge < -0.3 is 9.88 Å². The third-order valence-electron chi connectivity index (χ3n) is 8.04. The summed E-state index contributed by atoms with van der Waals surface area (Å²) in [4.78, 5) is 21.5. The van der Waals surface area contributed by atoms with E-state index < -0.39 is 0 Å². The number of nitrogens with zero attached hydrogens (tertiary/aromatic N) is 6. The lowest BCUT2D eigenvalue weighted by Crippen LogP contribution is -2.49. The quantitative estimate of drug-likeness (QED) is 0.409. The lowest BCUT2D eigenvalue weighted by atomic mass is 10.0. The highest BCUT2D eigenvalue weighted by molar-refractivity contribution is 6.30. The van der Waals surface area contributed by atoms with Gasteiger partial charge in [-0.15, -0.1) is 5.10 Å². The second-order valence-electron chi connectivity index (χ2n) is 10.4. The average molecular weight is 518 g/mol. The van der Waals surface area contributed by atoms with Crippen LogP contribution in [0.15, 0.2) is 47.3 Å². The van der Waals surface area contributed by atoms with Crippen LogP contribution < -0.4 is 10.5 Å². The minimum absolute atomic E-state index is 0.0825. The molecule has 1 atom stereocenters. The predicted octanol–water partition coefficient (Wildman–Crippen LogP) is 4.81. The highest BCUT2D eigenvalue weighted by atomic mass is 35.5. The van der Waals surface area contributed by atoms with E-state index >= 15 is 0 Å². The number of tetrazole rings is 1. The molecule has 1 saturated heterocycles. The Balaban J connectivity index is 1.39. The molecule has 2 fully saturated rings. The fraction of sp³-hybridized carbons (Fsp3) is 0.429. The maximum absolute atomic E-state index is 13.6. The first-order valence-corrected chi connectivity index (χ1v) is 13.5. The second-order valence-corrected chi connectivity index (χ2v) is 10.8. The van der Waals surface area contributed by atoms with Crippen LogP contribution in [0.2, 0.25) is 5.02 Å². The first-order valence-electron chi connectivity index (χ1n) is 13.1. The van der Waals surface area contributed by atoms with Crippen molar-refractivity contribution in [3.63, 3.8) is 0 Å². The second kappa shape index (κ2) is 9.91. The zero-order chi connectivity index (χ0) is 25.5. The van der Waals surface area contributed by atoms with Gasteiger partial charge >= 0.3 is 0 Å². The van der Waals surface area contributed by atoms with Crippen LogP contribution in [0.25, 0.3) is 10.9 Å². The van der Waals surface area contributed by atoms with Gasteiger partial charge in [0.25, 0.3) is 5.56 Å². The monoisotopic (exact) mass is 517 g/mol. The summed E-state index contributed by atoms with van der Waals surface area (Å²) >= 11 is 6.32. The molecule has 1 saturated carbocycles. The molecule has 1 N–H and O–H groups in total. The summed E-state index contributed by atoms with van der Waals surface area (Å²) in [6.45, 7) is 7.35. The molecule has 4 aromatic rings. The number of aromatic nitrogens is 5. The molecule has 3 heterocycles. The molecular weight excluding hydrogens is 486 g/mol. The van der Waals surface area contributed by atoms with Crippen molar-refractivity contribution >= 4 is 28.2 Å². The third kappa shape index (κ3) is 4.53. The Morgan fingerprint density at radius 2 is 1.78 bits per heavy atom. The number of H-pyrrole nitrogens is 1. The maximum atomic E-state index is 13.6. The van der Waals surface area contributed by atoms with Crippen LogP contribution in [-0.4, -0.2) is 56.3 Å². The molecule has 0 radical (unpaired) electrons. The van der Waals surface area contributed by atoms with Gasteiger partial charge in [0.1, 0.15) is 6.04 Å². The van der Waals surface area contributed by atoms with Crippen molar-refractivity contribution in [1.29, 1.82) is 0 Å². The van der Waals surface area contributed by atoms with Gasteiger partial charge in [-0.1, -0.05) is 48.7 Å². The minimum Gasteiger partial charge on any atom is -0.369 e. The van der Waals surface area contributed by atoms with Crippen LogP contribution in [0.5, 0.6) is 0 Å². The topological polar surface area (TPSA) is 82.9 Å². The Hall–Kier alpha value is -3.23. The first kappa shape index (κ1) is 24.1. The number of pyridine rings is 1. The van der Waals surface area contributed by atoms with Crippen LogP contribution in [0.3, 0.4) is 0 Å². The molecule has 2 aliphatic rings. The highest BCUT2D eigenvalue weighted by Gasteiger charge is 2.35. The van der Waals surface area contributed by atoms with Crippen molar-refractivity contribution in [2.75, 3.05) is 31.1 Å². The maximum Gasteiger partial charge on any atom is 0.253 e. The Morgan fingerprint density at radius 3 is 2.57 bits per heavy atom. The van der Waals surface area contributed by atoms with Crippen molar-refractivity contribution in [3.05, 3.63) is 80.4 Å². The van der Waals surface area contributed by atoms with Crippen molar-refractivity contribution in [3.8, 4) is 0 Å². The summed E-state index contributed by atoms with van der Waals surface area (Å²) in [6, 6.07) is 14.1. The van der Waals surface area contributed by atoms with Crippen molar-refractivity contribution < 1.29 is 0 Å². The average Bonchev–Trinajstić information content (AvgIpc) is 3.60. The Labute approximate surface area is 221 Å². The number of fused-ring (bicyclic) bond motifs is 1. The Kier molecular flexibility index (Phi) is 6.46. The summed E-state index contributed by atoms with van der Waals surface area (Å²) in [5.41, 5.74) is 4.92. The van der Waals surface area contributed by atoms with Crippen molar-refractivity contribution in [1.82, 2.24) is 30.1 Å². The van der Waals surface area contributed by atoms with Gasteiger partial charge in [-0.2, -0.15) is 0 Å². The SMILES string of the molecule is Cc1ccc(Cl)cc1N1CCN([C@@H](c2cc3cccc(C)c3[nH]c2=O)c2nnnn2C2CCCC2)CC1. The smallest absolute Gasteiger partial charge is 0.253 e. The van der Waals surface area contributed by atoms with E-state index in [4.69, 9.17) is 11.6 Å². The molecule has 9 heteroatoms. The molecule has 1 aliphatic carbocycles. The molecule has 37 heavy (non-hydrogen) atoms. The minimum atomic E-state index is -0.327. The number of benzene rings is 2. The largest absolute Gasteiger partial charge is 0.369 e. The number of aryl methyl sites for hydroxylation is 2. The van der Waals surface area contributed by atoms with Crippen molar-refractivity contribution in [2.45, 2.75) is 51.6 Å². The molecule has 2 aromatic heterocycles. The number of rotatable bonds is 5. The van der Waals surface area contributed by atoms with Gasteiger partial charge in [0.15, 0.2) is 5.82 Å². The summed E-state index contributed by atoms with van der Waals surface area (Å²) in [6.07, 6.45) is 4.50. The lowest BCUT2D eigenvalue weighted by molar-refractivity contribution is 0.197. The summed E-state index contributed by atoms with van der Waals surface area (Å²) in [5, 5.41) is 14.8. The van der Waals surface area contributed by atoms with Gasteiger partial charge in [-0.25, -0.2) is 4.68 Å². The van der Waals surface area contributed by atoms with E-state index in [-0.39, 0.29) is 17.6 Å². The molecule has 0 spiro atoms. The number of aromatic amines is 1. The third-order valence-corrected chi connectivity index (χ3v) is 8.27. The van der Waals surface area contributed by atoms with Crippen LogP contribution in [0.1, 0.15) is 60.3 Å². The normalized spacial score (nSPS) is 18.1. The molecule has 0 amide bonds. The van der Waals surface area contributed by atoms with E-state index in [0.717, 1.165) is 66.3 Å². The molecular formula is C28H32ClN7O. The zero-order valence-corrected chi connectivity index (χ0v) is 22.1. The number of anilines is 1. The number of para-hydroxylation sites is 1.